The normalized spacial score (nSPS) is 25.2. The Hall–Kier alpha value is -0.860. The van der Waals surface area contributed by atoms with Gasteiger partial charge < -0.3 is 10.4 Å². The Labute approximate surface area is 122 Å². The zero-order chi connectivity index (χ0) is 13.8. The molecule has 1 atom stereocenters. The van der Waals surface area contributed by atoms with Crippen LogP contribution < -0.4 is 5.32 Å². The van der Waals surface area contributed by atoms with Crippen molar-refractivity contribution in [3.05, 3.63) is 35.9 Å². The van der Waals surface area contributed by atoms with Crippen molar-refractivity contribution in [1.29, 1.82) is 0 Å². The summed E-state index contributed by atoms with van der Waals surface area (Å²) >= 11 is 0. The zero-order valence-corrected chi connectivity index (χ0v) is 12.4. The molecule has 1 aliphatic carbocycles. The van der Waals surface area contributed by atoms with E-state index in [1.54, 1.807) is 0 Å². The van der Waals surface area contributed by atoms with E-state index >= 15 is 0 Å². The maximum Gasteiger partial charge on any atom is 0.0953 e. The van der Waals surface area contributed by atoms with Crippen molar-refractivity contribution in [3.63, 3.8) is 0 Å². The average Bonchev–Trinajstić information content (AvgIpc) is 2.56. The van der Waals surface area contributed by atoms with Gasteiger partial charge in [0.15, 0.2) is 0 Å². The molecule has 1 saturated heterocycles. The number of nitrogens with one attached hydrogen (secondary N) is 1. The average molecular weight is 273 g/mol. The Morgan fingerprint density at radius 1 is 0.850 bits per heavy atom. The Balaban J connectivity index is 1.92. The van der Waals surface area contributed by atoms with Gasteiger partial charge in [-0.15, -0.1) is 0 Å². The molecule has 0 radical (unpaired) electrons. The van der Waals surface area contributed by atoms with Crippen LogP contribution in [0.5, 0.6) is 0 Å². The van der Waals surface area contributed by atoms with E-state index in [4.69, 9.17) is 0 Å². The lowest BCUT2D eigenvalue weighted by Gasteiger charge is -2.46. The molecule has 0 aromatic heterocycles. The molecule has 2 N–H and O–H groups in total. The summed E-state index contributed by atoms with van der Waals surface area (Å²) in [6.07, 6.45) is 8.48. The summed E-state index contributed by atoms with van der Waals surface area (Å²) in [5.74, 6) is 0.857. The van der Waals surface area contributed by atoms with Crippen LogP contribution in [0.4, 0.5) is 0 Å². The van der Waals surface area contributed by atoms with E-state index in [2.05, 4.69) is 29.6 Å². The molecule has 1 aliphatic heterocycles. The van der Waals surface area contributed by atoms with Crippen LogP contribution in [0, 0.1) is 11.8 Å². The molecule has 2 nitrogen and oxygen atoms in total. The van der Waals surface area contributed by atoms with E-state index < -0.39 is 5.60 Å². The number of benzene rings is 1. The molecule has 20 heavy (non-hydrogen) atoms. The van der Waals surface area contributed by atoms with Gasteiger partial charge in [-0.25, -0.2) is 0 Å². The van der Waals surface area contributed by atoms with E-state index in [0.29, 0.717) is 11.8 Å². The van der Waals surface area contributed by atoms with Gasteiger partial charge in [0, 0.05) is 0 Å². The predicted molar refractivity (Wildman–Crippen MR) is 82.5 cm³/mol. The predicted octanol–water partition coefficient (Wildman–Crippen LogP) is 3.45. The van der Waals surface area contributed by atoms with Gasteiger partial charge in [-0.05, 0) is 56.2 Å². The molecule has 3 rings (SSSR count). The molecule has 1 unspecified atom stereocenters. The van der Waals surface area contributed by atoms with Crippen molar-refractivity contribution < 1.29 is 5.11 Å². The quantitative estimate of drug-likeness (QED) is 0.884. The molecule has 0 amide bonds. The van der Waals surface area contributed by atoms with Crippen LogP contribution in [0.2, 0.25) is 0 Å². The highest BCUT2D eigenvalue weighted by Crippen LogP contribution is 2.46. The number of hydrogen-bond donors (Lipinski definition) is 2. The highest BCUT2D eigenvalue weighted by atomic mass is 16.3. The van der Waals surface area contributed by atoms with Gasteiger partial charge in [0.25, 0.3) is 0 Å². The van der Waals surface area contributed by atoms with Crippen molar-refractivity contribution in [3.8, 4) is 0 Å². The minimum atomic E-state index is -0.607. The van der Waals surface area contributed by atoms with Gasteiger partial charge in [-0.3, -0.25) is 0 Å². The summed E-state index contributed by atoms with van der Waals surface area (Å²) < 4.78 is 0. The van der Waals surface area contributed by atoms with E-state index in [9.17, 15) is 5.11 Å². The fraction of sp³-hybridized carbons (Fsp3) is 0.667. The number of piperidine rings is 1. The largest absolute Gasteiger partial charge is 0.385 e. The Kier molecular flexibility index (Phi) is 4.42. The first kappa shape index (κ1) is 14.1. The second kappa shape index (κ2) is 6.28. The van der Waals surface area contributed by atoms with Crippen molar-refractivity contribution in [2.24, 2.45) is 11.8 Å². The lowest BCUT2D eigenvalue weighted by Crippen LogP contribution is -2.47. The molecule has 1 aromatic rings. The van der Waals surface area contributed by atoms with Crippen molar-refractivity contribution in [2.45, 2.75) is 50.5 Å². The minimum absolute atomic E-state index is 0.411. The van der Waals surface area contributed by atoms with E-state index in [-0.39, 0.29) is 0 Å². The number of aliphatic hydroxyl groups is 1. The molecule has 2 aliphatic rings. The molecular weight excluding hydrogens is 246 g/mol. The summed E-state index contributed by atoms with van der Waals surface area (Å²) in [5.41, 5.74) is 0.544. The molecular formula is C18H27NO. The third kappa shape index (κ3) is 2.64. The van der Waals surface area contributed by atoms with Gasteiger partial charge in [0.05, 0.1) is 5.60 Å². The van der Waals surface area contributed by atoms with Gasteiger partial charge in [0.2, 0.25) is 0 Å². The highest BCUT2D eigenvalue weighted by Gasteiger charge is 2.45. The maximum absolute atomic E-state index is 11.7. The summed E-state index contributed by atoms with van der Waals surface area (Å²) in [5, 5.41) is 15.1. The monoisotopic (exact) mass is 273 g/mol. The summed E-state index contributed by atoms with van der Waals surface area (Å²) in [6.45, 7) is 2.10. The van der Waals surface area contributed by atoms with Crippen LogP contribution in [-0.4, -0.2) is 18.2 Å². The second-order valence-electron chi connectivity index (χ2n) is 6.55. The topological polar surface area (TPSA) is 32.3 Å². The lowest BCUT2D eigenvalue weighted by atomic mass is 9.65. The number of hydrogen-bond acceptors (Lipinski definition) is 2. The summed E-state index contributed by atoms with van der Waals surface area (Å²) in [4.78, 5) is 0. The van der Waals surface area contributed by atoms with Crippen LogP contribution >= 0.6 is 0 Å². The van der Waals surface area contributed by atoms with Gasteiger partial charge >= 0.3 is 0 Å². The van der Waals surface area contributed by atoms with Gasteiger partial charge in [-0.2, -0.15) is 0 Å². The smallest absolute Gasteiger partial charge is 0.0953 e. The molecule has 2 heteroatoms. The fourth-order valence-electron chi connectivity index (χ4n) is 4.31. The first-order chi connectivity index (χ1) is 9.82. The van der Waals surface area contributed by atoms with Crippen molar-refractivity contribution in [2.75, 3.05) is 13.1 Å². The Bertz CT molecular complexity index is 387. The fourth-order valence-corrected chi connectivity index (χ4v) is 4.31. The molecule has 1 heterocycles. The lowest BCUT2D eigenvalue weighted by molar-refractivity contribution is -0.0969. The number of rotatable bonds is 3. The van der Waals surface area contributed by atoms with E-state index in [1.807, 2.05) is 6.07 Å². The zero-order valence-electron chi connectivity index (χ0n) is 12.4. The molecule has 1 aromatic carbocycles. The first-order valence-electron chi connectivity index (χ1n) is 8.30. The Morgan fingerprint density at radius 2 is 1.45 bits per heavy atom. The standard InChI is InChI=1S/C18H27NO/c20-18(15-7-3-1-4-8-15,16-9-5-2-6-10-16)17-11-13-19-14-12-17/h1,3-4,7-8,16-17,19-20H,2,5-6,9-14H2. The summed E-state index contributed by atoms with van der Waals surface area (Å²) in [7, 11) is 0. The van der Waals surface area contributed by atoms with Gasteiger partial charge in [-0.1, -0.05) is 49.6 Å². The van der Waals surface area contributed by atoms with Crippen LogP contribution in [0.25, 0.3) is 0 Å². The molecule has 0 bridgehead atoms. The van der Waals surface area contributed by atoms with E-state index in [0.717, 1.165) is 31.5 Å². The first-order valence-corrected chi connectivity index (χ1v) is 8.30. The third-order valence-electron chi connectivity index (χ3n) is 5.43. The summed E-state index contributed by atoms with van der Waals surface area (Å²) in [6, 6.07) is 10.5. The molecule has 2 fully saturated rings. The van der Waals surface area contributed by atoms with Crippen LogP contribution in [0.3, 0.4) is 0 Å². The second-order valence-corrected chi connectivity index (χ2v) is 6.55. The maximum atomic E-state index is 11.7. The van der Waals surface area contributed by atoms with Gasteiger partial charge in [0.1, 0.15) is 0 Å². The SMILES string of the molecule is OC(c1ccccc1)(C1CCCCC1)C1CCNCC1. The van der Waals surface area contributed by atoms with E-state index in [1.165, 1.54) is 32.1 Å². The van der Waals surface area contributed by atoms with Crippen LogP contribution in [-0.2, 0) is 5.60 Å². The van der Waals surface area contributed by atoms with Crippen LogP contribution in [0.15, 0.2) is 30.3 Å². The molecule has 110 valence electrons. The van der Waals surface area contributed by atoms with Crippen molar-refractivity contribution in [1.82, 2.24) is 5.32 Å². The van der Waals surface area contributed by atoms with Crippen molar-refractivity contribution >= 4 is 0 Å². The Morgan fingerprint density at radius 3 is 2.10 bits per heavy atom. The molecule has 1 saturated carbocycles. The molecule has 0 spiro atoms. The van der Waals surface area contributed by atoms with Crippen LogP contribution in [0.1, 0.15) is 50.5 Å². The minimum Gasteiger partial charge on any atom is -0.385 e. The third-order valence-corrected chi connectivity index (χ3v) is 5.43. The highest BCUT2D eigenvalue weighted by molar-refractivity contribution is 5.25.